The van der Waals surface area contributed by atoms with Gasteiger partial charge in [-0.15, -0.1) is 0 Å². The van der Waals surface area contributed by atoms with Crippen molar-refractivity contribution in [2.75, 3.05) is 19.0 Å². The Hall–Kier alpha value is -1.89. The van der Waals surface area contributed by atoms with Crippen molar-refractivity contribution in [1.29, 1.82) is 0 Å². The van der Waals surface area contributed by atoms with Gasteiger partial charge in [-0.2, -0.15) is 5.10 Å². The highest BCUT2D eigenvalue weighted by molar-refractivity contribution is 14.1. The molecule has 21 heavy (non-hydrogen) atoms. The molecule has 106 valence electrons. The van der Waals surface area contributed by atoms with E-state index < -0.39 is 0 Å². The summed E-state index contributed by atoms with van der Waals surface area (Å²) in [5.41, 5.74) is 3.21. The molecule has 5 heteroatoms. The molecule has 0 amide bonds. The quantitative estimate of drug-likeness (QED) is 0.692. The minimum Gasteiger partial charge on any atom is -0.378 e. The lowest BCUT2D eigenvalue weighted by atomic mass is 10.2. The average molecular weight is 390 g/mol. The number of nitrogens with zero attached hydrogens (tertiary/aromatic N) is 3. The van der Waals surface area contributed by atoms with Crippen LogP contribution >= 0.6 is 22.6 Å². The lowest BCUT2D eigenvalue weighted by Gasteiger charge is -2.11. The van der Waals surface area contributed by atoms with E-state index in [1.807, 2.05) is 38.4 Å². The highest BCUT2D eigenvalue weighted by Gasteiger charge is 2.08. The molecule has 0 atom stereocenters. The molecule has 0 saturated carbocycles. The molecule has 1 heterocycles. The van der Waals surface area contributed by atoms with Crippen LogP contribution in [0.3, 0.4) is 0 Å². The molecular weight excluding hydrogens is 375 g/mol. The third kappa shape index (κ3) is 3.07. The summed E-state index contributed by atoms with van der Waals surface area (Å²) in [5.74, 6) is 1.51. The molecule has 1 N–H and O–H groups in total. The van der Waals surface area contributed by atoms with E-state index in [0.717, 1.165) is 22.6 Å². The van der Waals surface area contributed by atoms with Gasteiger partial charge >= 0.3 is 0 Å². The van der Waals surface area contributed by atoms with Crippen LogP contribution in [0.5, 0.6) is 0 Å². The van der Waals surface area contributed by atoms with Gasteiger partial charge in [0, 0.05) is 34.5 Å². The Morgan fingerprint density at radius 2 is 1.52 bits per heavy atom. The topological polar surface area (TPSA) is 44.8 Å². The number of benzene rings is 2. The molecule has 0 aliphatic heterocycles. The first-order valence-corrected chi connectivity index (χ1v) is 7.67. The zero-order valence-electron chi connectivity index (χ0n) is 11.8. The van der Waals surface area contributed by atoms with E-state index in [9.17, 15) is 0 Å². The van der Waals surface area contributed by atoms with Crippen LogP contribution in [0.4, 0.5) is 5.69 Å². The Bertz CT molecular complexity index is 730. The Balaban J connectivity index is 1.89. The molecule has 3 rings (SSSR count). The SMILES string of the molecule is CN(C)c1ccc(-c2n[nH]c(-c3ccc(I)cc3)n2)cc1. The number of H-pyrrole nitrogens is 1. The summed E-state index contributed by atoms with van der Waals surface area (Å²) in [6.45, 7) is 0. The van der Waals surface area contributed by atoms with Gasteiger partial charge in [-0.05, 0) is 59.0 Å². The van der Waals surface area contributed by atoms with E-state index >= 15 is 0 Å². The van der Waals surface area contributed by atoms with Crippen LogP contribution in [0.25, 0.3) is 22.8 Å². The fourth-order valence-electron chi connectivity index (χ4n) is 2.04. The lowest BCUT2D eigenvalue weighted by molar-refractivity contribution is 1.10. The van der Waals surface area contributed by atoms with Crippen molar-refractivity contribution in [3.63, 3.8) is 0 Å². The van der Waals surface area contributed by atoms with Crippen molar-refractivity contribution in [2.24, 2.45) is 0 Å². The number of hydrogen-bond donors (Lipinski definition) is 1. The van der Waals surface area contributed by atoms with E-state index in [-0.39, 0.29) is 0 Å². The Morgan fingerprint density at radius 1 is 0.905 bits per heavy atom. The van der Waals surface area contributed by atoms with Crippen LogP contribution in [0, 0.1) is 3.57 Å². The number of nitrogens with one attached hydrogen (secondary N) is 1. The molecule has 0 spiro atoms. The fraction of sp³-hybridized carbons (Fsp3) is 0.125. The summed E-state index contributed by atoms with van der Waals surface area (Å²) in [4.78, 5) is 6.64. The third-order valence-electron chi connectivity index (χ3n) is 3.24. The summed E-state index contributed by atoms with van der Waals surface area (Å²) < 4.78 is 1.20. The van der Waals surface area contributed by atoms with Crippen molar-refractivity contribution in [1.82, 2.24) is 15.2 Å². The van der Waals surface area contributed by atoms with Crippen molar-refractivity contribution >= 4 is 28.3 Å². The van der Waals surface area contributed by atoms with Gasteiger partial charge in [0.25, 0.3) is 0 Å². The zero-order valence-corrected chi connectivity index (χ0v) is 14.0. The summed E-state index contributed by atoms with van der Waals surface area (Å²) in [7, 11) is 4.05. The molecule has 2 aromatic carbocycles. The predicted octanol–water partition coefficient (Wildman–Crippen LogP) is 3.81. The van der Waals surface area contributed by atoms with Crippen LogP contribution in [-0.2, 0) is 0 Å². The van der Waals surface area contributed by atoms with Gasteiger partial charge in [0.05, 0.1) is 0 Å². The van der Waals surface area contributed by atoms with Gasteiger partial charge in [-0.1, -0.05) is 12.1 Å². The number of aromatic nitrogens is 3. The number of hydrogen-bond acceptors (Lipinski definition) is 3. The minimum absolute atomic E-state index is 0.717. The molecule has 0 saturated heterocycles. The second-order valence-corrected chi connectivity index (χ2v) is 6.20. The molecule has 4 nitrogen and oxygen atoms in total. The second-order valence-electron chi connectivity index (χ2n) is 4.96. The number of rotatable bonds is 3. The molecule has 0 aliphatic carbocycles. The first-order chi connectivity index (χ1) is 10.1. The minimum atomic E-state index is 0.717. The molecule has 0 fully saturated rings. The first-order valence-electron chi connectivity index (χ1n) is 6.59. The van der Waals surface area contributed by atoms with Crippen LogP contribution in [0.1, 0.15) is 0 Å². The molecule has 3 aromatic rings. The zero-order chi connectivity index (χ0) is 14.8. The highest BCUT2D eigenvalue weighted by atomic mass is 127. The van der Waals surface area contributed by atoms with Gasteiger partial charge in [-0.3, -0.25) is 5.10 Å². The Kier molecular flexibility index (Phi) is 3.92. The van der Waals surface area contributed by atoms with Crippen molar-refractivity contribution in [3.8, 4) is 22.8 Å². The lowest BCUT2D eigenvalue weighted by Crippen LogP contribution is -2.07. The monoisotopic (exact) mass is 390 g/mol. The molecule has 0 radical (unpaired) electrons. The smallest absolute Gasteiger partial charge is 0.181 e. The van der Waals surface area contributed by atoms with Gasteiger partial charge < -0.3 is 4.90 Å². The molecule has 1 aromatic heterocycles. The third-order valence-corrected chi connectivity index (χ3v) is 3.96. The normalized spacial score (nSPS) is 10.6. The van der Waals surface area contributed by atoms with Crippen LogP contribution < -0.4 is 4.90 Å². The van der Waals surface area contributed by atoms with Crippen LogP contribution in [0.15, 0.2) is 48.5 Å². The second kappa shape index (κ2) is 5.85. The predicted molar refractivity (Wildman–Crippen MR) is 94.3 cm³/mol. The Labute approximate surface area is 137 Å². The van der Waals surface area contributed by atoms with E-state index in [1.165, 1.54) is 3.57 Å². The number of halogens is 1. The van der Waals surface area contributed by atoms with Gasteiger partial charge in [0.15, 0.2) is 11.6 Å². The standard InChI is InChI=1S/C16H15IN4/c1-21(2)14-9-5-12(6-10-14)16-18-15(19-20-16)11-3-7-13(17)8-4-11/h3-10H,1-2H3,(H,18,19,20). The summed E-state index contributed by atoms with van der Waals surface area (Å²) in [6, 6.07) is 16.4. The van der Waals surface area contributed by atoms with E-state index in [4.69, 9.17) is 0 Å². The summed E-state index contributed by atoms with van der Waals surface area (Å²) in [5, 5.41) is 7.31. The van der Waals surface area contributed by atoms with Crippen molar-refractivity contribution < 1.29 is 0 Å². The van der Waals surface area contributed by atoms with Crippen molar-refractivity contribution in [2.45, 2.75) is 0 Å². The van der Waals surface area contributed by atoms with Crippen LogP contribution in [0.2, 0.25) is 0 Å². The fourth-order valence-corrected chi connectivity index (χ4v) is 2.40. The number of anilines is 1. The maximum absolute atomic E-state index is 4.57. The van der Waals surface area contributed by atoms with Gasteiger partial charge in [0.2, 0.25) is 0 Å². The Morgan fingerprint density at radius 3 is 2.14 bits per heavy atom. The van der Waals surface area contributed by atoms with Gasteiger partial charge in [-0.25, -0.2) is 4.98 Å². The molecule has 0 unspecified atom stereocenters. The van der Waals surface area contributed by atoms with Gasteiger partial charge in [0.1, 0.15) is 0 Å². The number of aromatic amines is 1. The van der Waals surface area contributed by atoms with E-state index in [1.54, 1.807) is 0 Å². The summed E-state index contributed by atoms with van der Waals surface area (Å²) >= 11 is 2.29. The molecule has 0 bridgehead atoms. The molecule has 0 aliphatic rings. The van der Waals surface area contributed by atoms with Crippen LogP contribution in [-0.4, -0.2) is 29.3 Å². The van der Waals surface area contributed by atoms with E-state index in [2.05, 4.69) is 66.9 Å². The van der Waals surface area contributed by atoms with E-state index in [0.29, 0.717) is 5.82 Å². The average Bonchev–Trinajstić information content (AvgIpc) is 2.98. The van der Waals surface area contributed by atoms with Crippen molar-refractivity contribution in [3.05, 3.63) is 52.1 Å². The largest absolute Gasteiger partial charge is 0.378 e. The molecular formula is C16H15IN4. The first kappa shape index (κ1) is 14.1. The summed E-state index contributed by atoms with van der Waals surface area (Å²) in [6.07, 6.45) is 0. The maximum atomic E-state index is 4.57. The maximum Gasteiger partial charge on any atom is 0.181 e. The highest BCUT2D eigenvalue weighted by Crippen LogP contribution is 2.22.